The monoisotopic (exact) mass is 493 g/mol. The molecule has 2 heterocycles. The Kier molecular flexibility index (Phi) is 6.60. The van der Waals surface area contributed by atoms with E-state index in [0.717, 1.165) is 10.2 Å². The van der Waals surface area contributed by atoms with Crippen LogP contribution in [0, 0.1) is 30.2 Å². The summed E-state index contributed by atoms with van der Waals surface area (Å²) < 4.78 is 66.7. The van der Waals surface area contributed by atoms with E-state index in [0.29, 0.717) is 16.5 Å². The van der Waals surface area contributed by atoms with Crippen LogP contribution in [0.25, 0.3) is 0 Å². The first-order chi connectivity index (χ1) is 16.2. The van der Waals surface area contributed by atoms with Gasteiger partial charge in [0.25, 0.3) is 5.91 Å². The predicted octanol–water partition coefficient (Wildman–Crippen LogP) is 5.87. The topological polar surface area (TPSA) is 69.3 Å². The Hall–Kier alpha value is -3.79. The van der Waals surface area contributed by atoms with Gasteiger partial charge in [0.1, 0.15) is 18.1 Å². The molecule has 1 amide bonds. The van der Waals surface area contributed by atoms with E-state index in [1.165, 1.54) is 18.3 Å². The van der Waals surface area contributed by atoms with Gasteiger partial charge in [-0.25, -0.2) is 17.6 Å². The van der Waals surface area contributed by atoms with Gasteiger partial charge in [-0.05, 0) is 42.8 Å². The van der Waals surface area contributed by atoms with Crippen LogP contribution in [-0.2, 0) is 13.2 Å². The number of benzene rings is 2. The molecule has 0 saturated carbocycles. The predicted molar refractivity (Wildman–Crippen MR) is 115 cm³/mol. The zero-order chi connectivity index (χ0) is 24.4. The van der Waals surface area contributed by atoms with Crippen molar-refractivity contribution in [1.82, 2.24) is 9.78 Å². The quantitative estimate of drug-likeness (QED) is 0.258. The highest BCUT2D eigenvalue weighted by molar-refractivity contribution is 6.30. The van der Waals surface area contributed by atoms with E-state index < -0.39 is 41.3 Å². The summed E-state index contributed by atoms with van der Waals surface area (Å²) in [4.78, 5) is 12.4. The number of rotatable bonds is 7. The summed E-state index contributed by atoms with van der Waals surface area (Å²) >= 11 is 5.92. The van der Waals surface area contributed by atoms with Gasteiger partial charge in [0.15, 0.2) is 34.8 Å². The van der Waals surface area contributed by atoms with Crippen molar-refractivity contribution in [2.45, 2.75) is 20.1 Å². The van der Waals surface area contributed by atoms with E-state index >= 15 is 0 Å². The molecule has 2 aromatic heterocycles. The largest absolute Gasteiger partial charge is 0.485 e. The minimum Gasteiger partial charge on any atom is -0.485 e. The molecule has 0 radical (unpaired) electrons. The zero-order valence-corrected chi connectivity index (χ0v) is 18.3. The molecule has 11 heteroatoms. The standard InChI is InChI=1S/C23H16ClF4N3O3/c1-12-8-13(24)2-4-18(12)33-11-14-3-5-19(34-14)23(32)29-20-6-7-31(30-20)10-15-21(27)16(25)9-17(26)22(15)28/h2-9H,10-11H2,1H3,(H,29,30,32). The van der Waals surface area contributed by atoms with Crippen molar-refractivity contribution in [2.75, 3.05) is 5.32 Å². The highest BCUT2D eigenvalue weighted by Gasteiger charge is 2.20. The van der Waals surface area contributed by atoms with Crippen LogP contribution >= 0.6 is 11.6 Å². The first kappa shape index (κ1) is 23.4. The lowest BCUT2D eigenvalue weighted by atomic mass is 10.2. The normalized spacial score (nSPS) is 11.0. The van der Waals surface area contributed by atoms with E-state index in [-0.39, 0.29) is 24.3 Å². The van der Waals surface area contributed by atoms with Crippen LogP contribution in [0.3, 0.4) is 0 Å². The Labute approximate surface area is 195 Å². The summed E-state index contributed by atoms with van der Waals surface area (Å²) in [5, 5.41) is 6.99. The average Bonchev–Trinajstić information content (AvgIpc) is 3.44. The zero-order valence-electron chi connectivity index (χ0n) is 17.5. The van der Waals surface area contributed by atoms with E-state index in [9.17, 15) is 22.4 Å². The van der Waals surface area contributed by atoms with Crippen molar-refractivity contribution in [3.8, 4) is 5.75 Å². The van der Waals surface area contributed by atoms with Crippen LogP contribution in [0.4, 0.5) is 23.4 Å². The van der Waals surface area contributed by atoms with E-state index in [1.54, 1.807) is 24.3 Å². The third kappa shape index (κ3) is 5.07. The van der Waals surface area contributed by atoms with Gasteiger partial charge in [-0.1, -0.05) is 11.6 Å². The molecule has 6 nitrogen and oxygen atoms in total. The van der Waals surface area contributed by atoms with Crippen molar-refractivity contribution in [2.24, 2.45) is 0 Å². The van der Waals surface area contributed by atoms with Gasteiger partial charge in [-0.15, -0.1) is 0 Å². The fourth-order valence-electron chi connectivity index (χ4n) is 3.12. The lowest BCUT2D eigenvalue weighted by Crippen LogP contribution is -2.13. The number of furan rings is 1. The molecule has 1 N–H and O–H groups in total. The molecule has 0 bridgehead atoms. The Morgan fingerprint density at radius 3 is 2.53 bits per heavy atom. The fraction of sp³-hybridized carbons (Fsp3) is 0.130. The highest BCUT2D eigenvalue weighted by atomic mass is 35.5. The van der Waals surface area contributed by atoms with E-state index in [2.05, 4.69) is 10.4 Å². The van der Waals surface area contributed by atoms with Crippen molar-refractivity contribution >= 4 is 23.3 Å². The Morgan fingerprint density at radius 1 is 1.09 bits per heavy atom. The fourth-order valence-corrected chi connectivity index (χ4v) is 3.35. The number of nitrogens with zero attached hydrogens (tertiary/aromatic N) is 2. The molecular weight excluding hydrogens is 478 g/mol. The molecule has 0 fully saturated rings. The summed E-state index contributed by atoms with van der Waals surface area (Å²) in [6, 6.07) is 9.66. The molecule has 34 heavy (non-hydrogen) atoms. The minimum absolute atomic E-state index is 0.0229. The molecule has 0 aliphatic carbocycles. The first-order valence-corrected chi connectivity index (χ1v) is 10.2. The number of ether oxygens (including phenoxy) is 1. The van der Waals surface area contributed by atoms with Gasteiger partial charge in [0, 0.05) is 23.4 Å². The third-order valence-electron chi connectivity index (χ3n) is 4.80. The van der Waals surface area contributed by atoms with Crippen LogP contribution in [-0.4, -0.2) is 15.7 Å². The summed E-state index contributed by atoms with van der Waals surface area (Å²) in [7, 11) is 0. The van der Waals surface area contributed by atoms with Gasteiger partial charge in [0.2, 0.25) is 0 Å². The second-order valence-electron chi connectivity index (χ2n) is 7.26. The number of aromatic nitrogens is 2. The molecule has 0 unspecified atom stereocenters. The lowest BCUT2D eigenvalue weighted by molar-refractivity contribution is 0.0992. The van der Waals surface area contributed by atoms with Crippen LogP contribution in [0.15, 0.2) is 53.1 Å². The maximum Gasteiger partial charge on any atom is 0.292 e. The number of carbonyl (C=O) groups excluding carboxylic acids is 1. The Morgan fingerprint density at radius 2 is 1.82 bits per heavy atom. The van der Waals surface area contributed by atoms with Gasteiger partial charge >= 0.3 is 0 Å². The average molecular weight is 494 g/mol. The van der Waals surface area contributed by atoms with Crippen LogP contribution in [0.2, 0.25) is 5.02 Å². The third-order valence-corrected chi connectivity index (χ3v) is 5.03. The van der Waals surface area contributed by atoms with Gasteiger partial charge in [-0.2, -0.15) is 5.10 Å². The molecule has 0 spiro atoms. The maximum absolute atomic E-state index is 13.9. The molecule has 0 saturated heterocycles. The number of nitrogens with one attached hydrogen (secondary N) is 1. The smallest absolute Gasteiger partial charge is 0.292 e. The summed E-state index contributed by atoms with van der Waals surface area (Å²) in [6.45, 7) is 1.33. The van der Waals surface area contributed by atoms with Gasteiger partial charge in [-0.3, -0.25) is 9.48 Å². The summed E-state index contributed by atoms with van der Waals surface area (Å²) in [6.07, 6.45) is 1.28. The maximum atomic E-state index is 13.9. The number of hydrogen-bond donors (Lipinski definition) is 1. The number of amides is 1. The molecule has 176 valence electrons. The molecule has 4 aromatic rings. The summed E-state index contributed by atoms with van der Waals surface area (Å²) in [5.74, 6) is -5.67. The van der Waals surface area contributed by atoms with Crippen LogP contribution in [0.1, 0.15) is 27.4 Å². The van der Waals surface area contributed by atoms with Gasteiger partial charge < -0.3 is 14.5 Å². The molecular formula is C23H16ClF4N3O3. The lowest BCUT2D eigenvalue weighted by Gasteiger charge is -2.07. The van der Waals surface area contributed by atoms with Crippen molar-refractivity contribution in [1.29, 1.82) is 0 Å². The van der Waals surface area contributed by atoms with E-state index in [4.69, 9.17) is 20.8 Å². The van der Waals surface area contributed by atoms with Crippen LogP contribution in [0.5, 0.6) is 5.75 Å². The first-order valence-electron chi connectivity index (χ1n) is 9.85. The summed E-state index contributed by atoms with van der Waals surface area (Å²) in [5.41, 5.74) is 0.0124. The second kappa shape index (κ2) is 9.60. The molecule has 2 aromatic carbocycles. The van der Waals surface area contributed by atoms with Crippen molar-refractivity contribution < 1.29 is 31.5 Å². The number of aryl methyl sites for hydroxylation is 1. The van der Waals surface area contributed by atoms with Crippen molar-refractivity contribution in [3.05, 3.63) is 99.6 Å². The second-order valence-corrected chi connectivity index (χ2v) is 7.70. The highest BCUT2D eigenvalue weighted by Crippen LogP contribution is 2.24. The minimum atomic E-state index is -1.52. The number of anilines is 1. The molecule has 4 rings (SSSR count). The number of hydrogen-bond acceptors (Lipinski definition) is 4. The van der Waals surface area contributed by atoms with Crippen molar-refractivity contribution in [3.63, 3.8) is 0 Å². The number of halogens is 5. The molecule has 0 aliphatic rings. The Bertz CT molecular complexity index is 1340. The molecule has 0 atom stereocenters. The molecule has 0 aliphatic heterocycles. The Balaban J connectivity index is 1.39. The van der Waals surface area contributed by atoms with E-state index in [1.807, 2.05) is 6.92 Å². The van der Waals surface area contributed by atoms with Gasteiger partial charge in [0.05, 0.1) is 12.1 Å². The number of carbonyl (C=O) groups is 1. The van der Waals surface area contributed by atoms with Crippen LogP contribution < -0.4 is 10.1 Å². The SMILES string of the molecule is Cc1cc(Cl)ccc1OCc1ccc(C(=O)Nc2ccn(Cc3c(F)c(F)cc(F)c3F)n2)o1.